The Morgan fingerprint density at radius 2 is 2.13 bits per heavy atom. The molecular formula is C9H15N3O2S. The van der Waals surface area contributed by atoms with Gasteiger partial charge in [-0.2, -0.15) is 0 Å². The van der Waals surface area contributed by atoms with Crippen molar-refractivity contribution in [3.8, 4) is 0 Å². The van der Waals surface area contributed by atoms with Gasteiger partial charge in [0, 0.05) is 5.75 Å². The topological polar surface area (TPSA) is 85.2 Å². The highest BCUT2D eigenvalue weighted by Gasteiger charge is 2.31. The first-order valence-electron chi connectivity index (χ1n) is 5.09. The molecule has 0 bridgehead atoms. The van der Waals surface area contributed by atoms with Crippen molar-refractivity contribution in [1.82, 2.24) is 10.2 Å². The zero-order valence-corrected chi connectivity index (χ0v) is 9.29. The lowest BCUT2D eigenvalue weighted by molar-refractivity contribution is 0.0730. The molecule has 6 heteroatoms. The molecule has 1 heterocycles. The van der Waals surface area contributed by atoms with Crippen LogP contribution in [0.5, 0.6) is 0 Å². The van der Waals surface area contributed by atoms with Gasteiger partial charge in [-0.25, -0.2) is 0 Å². The highest BCUT2D eigenvalue weighted by molar-refractivity contribution is 7.99. The van der Waals surface area contributed by atoms with Crippen molar-refractivity contribution in [1.29, 1.82) is 0 Å². The van der Waals surface area contributed by atoms with Crippen LogP contribution in [0, 0.1) is 0 Å². The standard InChI is InChI=1S/C9H15N3O2S/c10-5-7-11-12-8(14-7)15-6-9(13)3-1-2-4-9/h13H,1-6,10H2. The Morgan fingerprint density at radius 1 is 1.40 bits per heavy atom. The molecule has 0 radical (unpaired) electrons. The van der Waals surface area contributed by atoms with Crippen molar-refractivity contribution in [3.05, 3.63) is 5.89 Å². The normalized spacial score (nSPS) is 19.6. The van der Waals surface area contributed by atoms with Crippen LogP contribution in [0.1, 0.15) is 31.6 Å². The van der Waals surface area contributed by atoms with E-state index in [0.717, 1.165) is 25.7 Å². The van der Waals surface area contributed by atoms with Gasteiger partial charge in [-0.15, -0.1) is 10.2 Å². The SMILES string of the molecule is NCc1nnc(SCC2(O)CCCC2)o1. The lowest BCUT2D eigenvalue weighted by Crippen LogP contribution is -2.27. The van der Waals surface area contributed by atoms with Gasteiger partial charge in [0.2, 0.25) is 5.89 Å². The molecule has 0 atom stereocenters. The average molecular weight is 229 g/mol. The van der Waals surface area contributed by atoms with Crippen molar-refractivity contribution in [3.63, 3.8) is 0 Å². The molecule has 0 amide bonds. The van der Waals surface area contributed by atoms with Crippen molar-refractivity contribution >= 4 is 11.8 Å². The van der Waals surface area contributed by atoms with Crippen LogP contribution in [0.15, 0.2) is 9.64 Å². The van der Waals surface area contributed by atoms with Crippen LogP contribution in [-0.2, 0) is 6.54 Å². The maximum Gasteiger partial charge on any atom is 0.276 e. The Labute approximate surface area is 92.4 Å². The predicted molar refractivity (Wildman–Crippen MR) is 56.3 cm³/mol. The number of nitrogens with zero attached hydrogens (tertiary/aromatic N) is 2. The first-order valence-corrected chi connectivity index (χ1v) is 6.08. The van der Waals surface area contributed by atoms with Crippen LogP contribution in [0.2, 0.25) is 0 Å². The largest absolute Gasteiger partial charge is 0.415 e. The summed E-state index contributed by atoms with van der Waals surface area (Å²) in [7, 11) is 0. The third kappa shape index (κ3) is 2.70. The summed E-state index contributed by atoms with van der Waals surface area (Å²) < 4.78 is 5.24. The molecule has 5 nitrogen and oxygen atoms in total. The van der Waals surface area contributed by atoms with E-state index in [0.29, 0.717) is 16.9 Å². The number of thioether (sulfide) groups is 1. The molecule has 1 aliphatic carbocycles. The second kappa shape index (κ2) is 4.51. The Hall–Kier alpha value is -0.590. The number of aliphatic hydroxyl groups is 1. The predicted octanol–water partition coefficient (Wildman–Crippen LogP) is 0.925. The van der Waals surface area contributed by atoms with E-state index in [1.807, 2.05) is 0 Å². The minimum Gasteiger partial charge on any atom is -0.415 e. The minimum absolute atomic E-state index is 0.262. The molecule has 84 valence electrons. The van der Waals surface area contributed by atoms with E-state index in [4.69, 9.17) is 10.2 Å². The quantitative estimate of drug-likeness (QED) is 0.747. The lowest BCUT2D eigenvalue weighted by atomic mass is 10.1. The van der Waals surface area contributed by atoms with Crippen LogP contribution >= 0.6 is 11.8 Å². The highest BCUT2D eigenvalue weighted by atomic mass is 32.2. The summed E-state index contributed by atoms with van der Waals surface area (Å²) in [5.74, 6) is 1.06. The second-order valence-electron chi connectivity index (χ2n) is 3.89. The van der Waals surface area contributed by atoms with E-state index in [9.17, 15) is 5.11 Å². The fourth-order valence-corrected chi connectivity index (χ4v) is 2.69. The first kappa shape index (κ1) is 10.9. The van der Waals surface area contributed by atoms with E-state index in [2.05, 4.69) is 10.2 Å². The summed E-state index contributed by atoms with van der Waals surface area (Å²) in [5, 5.41) is 18.2. The third-order valence-electron chi connectivity index (χ3n) is 2.62. The molecule has 15 heavy (non-hydrogen) atoms. The smallest absolute Gasteiger partial charge is 0.276 e. The molecule has 0 aromatic carbocycles. The molecule has 1 aliphatic rings. The van der Waals surface area contributed by atoms with Crippen molar-refractivity contribution in [2.45, 2.75) is 43.1 Å². The number of nitrogens with two attached hydrogens (primary N) is 1. The highest BCUT2D eigenvalue weighted by Crippen LogP contribution is 2.34. The summed E-state index contributed by atoms with van der Waals surface area (Å²) in [4.78, 5) is 0. The molecule has 1 saturated carbocycles. The molecule has 2 rings (SSSR count). The molecule has 3 N–H and O–H groups in total. The Morgan fingerprint density at radius 3 is 2.73 bits per heavy atom. The van der Waals surface area contributed by atoms with Gasteiger partial charge < -0.3 is 15.3 Å². The van der Waals surface area contributed by atoms with Gasteiger partial charge in [-0.3, -0.25) is 0 Å². The Bertz CT molecular complexity index is 323. The van der Waals surface area contributed by atoms with Crippen molar-refractivity contribution in [2.24, 2.45) is 5.73 Å². The summed E-state index contributed by atoms with van der Waals surface area (Å²) >= 11 is 1.41. The van der Waals surface area contributed by atoms with E-state index in [1.165, 1.54) is 11.8 Å². The van der Waals surface area contributed by atoms with Crippen LogP contribution in [-0.4, -0.2) is 26.7 Å². The number of aromatic nitrogens is 2. The van der Waals surface area contributed by atoms with Crippen LogP contribution in [0.3, 0.4) is 0 Å². The summed E-state index contributed by atoms with van der Waals surface area (Å²) in [6.45, 7) is 0.262. The van der Waals surface area contributed by atoms with E-state index in [-0.39, 0.29) is 6.54 Å². The molecule has 0 unspecified atom stereocenters. The molecule has 1 fully saturated rings. The second-order valence-corrected chi connectivity index (χ2v) is 4.81. The van der Waals surface area contributed by atoms with Crippen LogP contribution in [0.25, 0.3) is 0 Å². The molecule has 0 saturated heterocycles. The van der Waals surface area contributed by atoms with E-state index >= 15 is 0 Å². The summed E-state index contributed by atoms with van der Waals surface area (Å²) in [5.41, 5.74) is 4.81. The van der Waals surface area contributed by atoms with Crippen LogP contribution < -0.4 is 5.73 Å². The third-order valence-corrected chi connectivity index (χ3v) is 3.72. The Kier molecular flexibility index (Phi) is 3.28. The van der Waals surface area contributed by atoms with E-state index in [1.54, 1.807) is 0 Å². The molecular weight excluding hydrogens is 214 g/mol. The molecule has 0 spiro atoms. The summed E-state index contributed by atoms with van der Waals surface area (Å²) in [6, 6.07) is 0. The van der Waals surface area contributed by atoms with Gasteiger partial charge in [0.15, 0.2) is 0 Å². The van der Waals surface area contributed by atoms with Crippen LogP contribution in [0.4, 0.5) is 0 Å². The maximum absolute atomic E-state index is 10.1. The summed E-state index contributed by atoms with van der Waals surface area (Å²) in [6.07, 6.45) is 3.96. The fraction of sp³-hybridized carbons (Fsp3) is 0.778. The zero-order chi connectivity index (χ0) is 10.7. The fourth-order valence-electron chi connectivity index (χ4n) is 1.75. The first-order chi connectivity index (χ1) is 7.22. The maximum atomic E-state index is 10.1. The van der Waals surface area contributed by atoms with Gasteiger partial charge in [-0.05, 0) is 12.8 Å². The molecule has 0 aliphatic heterocycles. The Balaban J connectivity index is 1.87. The van der Waals surface area contributed by atoms with Gasteiger partial charge in [0.05, 0.1) is 12.1 Å². The number of hydrogen-bond donors (Lipinski definition) is 2. The molecule has 1 aromatic rings. The van der Waals surface area contributed by atoms with Crippen molar-refractivity contribution in [2.75, 3.05) is 5.75 Å². The number of rotatable bonds is 4. The minimum atomic E-state index is -0.540. The van der Waals surface area contributed by atoms with Crippen molar-refractivity contribution < 1.29 is 9.52 Å². The molecule has 1 aromatic heterocycles. The van der Waals surface area contributed by atoms with Gasteiger partial charge in [0.1, 0.15) is 0 Å². The lowest BCUT2D eigenvalue weighted by Gasteiger charge is -2.19. The average Bonchev–Trinajstić information content (AvgIpc) is 2.84. The number of hydrogen-bond acceptors (Lipinski definition) is 6. The van der Waals surface area contributed by atoms with E-state index < -0.39 is 5.60 Å². The monoisotopic (exact) mass is 229 g/mol. The van der Waals surface area contributed by atoms with Gasteiger partial charge in [0.25, 0.3) is 5.22 Å². The van der Waals surface area contributed by atoms with Gasteiger partial charge in [-0.1, -0.05) is 24.6 Å². The van der Waals surface area contributed by atoms with Gasteiger partial charge >= 0.3 is 0 Å². The zero-order valence-electron chi connectivity index (χ0n) is 8.48.